The summed E-state index contributed by atoms with van der Waals surface area (Å²) < 4.78 is 0. The highest BCUT2D eigenvalue weighted by Crippen LogP contribution is 2.48. The lowest BCUT2D eigenvalue weighted by Gasteiger charge is -2.27. The van der Waals surface area contributed by atoms with E-state index in [0.717, 1.165) is 10.4 Å². The van der Waals surface area contributed by atoms with Crippen LogP contribution in [0.3, 0.4) is 0 Å². The van der Waals surface area contributed by atoms with E-state index in [1.54, 1.807) is 0 Å². The average molecular weight is 315 g/mol. The number of nitrogens with zero attached hydrogens (tertiary/aromatic N) is 1. The molecule has 0 aliphatic heterocycles. The number of carboxylic acids is 1. The second-order valence-corrected chi connectivity index (χ2v) is 7.13. The van der Waals surface area contributed by atoms with E-state index < -0.39 is 17.8 Å². The minimum atomic E-state index is -1.17. The van der Waals surface area contributed by atoms with Gasteiger partial charge in [0.2, 0.25) is 5.91 Å². The fourth-order valence-corrected chi connectivity index (χ4v) is 4.56. The summed E-state index contributed by atoms with van der Waals surface area (Å²) in [6.07, 6.45) is 4.48. The zero-order chi connectivity index (χ0) is 16.0. The summed E-state index contributed by atoms with van der Waals surface area (Å²) in [6, 6.07) is 2.10. The Bertz CT molecular complexity index is 728. The maximum atomic E-state index is 12.6. The monoisotopic (exact) mass is 315 g/mol. The quantitative estimate of drug-likeness (QED) is 0.852. The maximum Gasteiger partial charge on any atom is 0.229 e. The third-order valence-electron chi connectivity index (χ3n) is 4.77. The number of carbonyl (C=O) groups is 2. The molecule has 1 heterocycles. The fraction of sp³-hybridized carbons (Fsp3) is 0.438. The van der Waals surface area contributed by atoms with Crippen LogP contribution in [-0.2, 0) is 9.59 Å². The second-order valence-electron chi connectivity index (χ2n) is 5.91. The SMILES string of the molecule is Cc1sc(NC(=O)[C@@H]2[C@@H](C(=O)[O-])[C@H]3C=C[C@H]2C3)c(C#N)c1C. The van der Waals surface area contributed by atoms with Gasteiger partial charge in [-0.1, -0.05) is 12.2 Å². The van der Waals surface area contributed by atoms with Crippen LogP contribution in [-0.4, -0.2) is 11.9 Å². The first-order valence-corrected chi connectivity index (χ1v) is 7.95. The number of anilines is 1. The highest BCUT2D eigenvalue weighted by molar-refractivity contribution is 7.16. The molecule has 1 aromatic rings. The highest BCUT2D eigenvalue weighted by atomic mass is 32.1. The Morgan fingerprint density at radius 2 is 1.95 bits per heavy atom. The highest BCUT2D eigenvalue weighted by Gasteiger charge is 2.48. The first kappa shape index (κ1) is 14.8. The van der Waals surface area contributed by atoms with Crippen molar-refractivity contribution in [3.05, 3.63) is 28.2 Å². The number of amides is 1. The number of nitrogens with one attached hydrogen (secondary N) is 1. The lowest BCUT2D eigenvalue weighted by molar-refractivity contribution is -0.313. The van der Waals surface area contributed by atoms with Gasteiger partial charge in [-0.15, -0.1) is 11.3 Å². The molecule has 2 aliphatic carbocycles. The summed E-state index contributed by atoms with van der Waals surface area (Å²) in [7, 11) is 0. The lowest BCUT2D eigenvalue weighted by Crippen LogP contribution is -2.42. The van der Waals surface area contributed by atoms with Crippen molar-refractivity contribution in [1.29, 1.82) is 5.26 Å². The molecule has 1 aromatic heterocycles. The van der Waals surface area contributed by atoms with E-state index in [4.69, 9.17) is 0 Å². The zero-order valence-corrected chi connectivity index (χ0v) is 13.1. The summed E-state index contributed by atoms with van der Waals surface area (Å²) in [5, 5.41) is 23.9. The van der Waals surface area contributed by atoms with Crippen LogP contribution < -0.4 is 10.4 Å². The van der Waals surface area contributed by atoms with Crippen LogP contribution in [0, 0.1) is 48.9 Å². The Labute approximate surface area is 132 Å². The Morgan fingerprint density at radius 1 is 1.32 bits per heavy atom. The molecule has 0 radical (unpaired) electrons. The van der Waals surface area contributed by atoms with Gasteiger partial charge in [-0.3, -0.25) is 4.79 Å². The third kappa shape index (κ3) is 2.13. The molecule has 0 saturated heterocycles. The molecule has 0 spiro atoms. The average Bonchev–Trinajstić information content (AvgIpc) is 3.13. The number of carboxylic acid groups (broad SMARTS) is 1. The van der Waals surface area contributed by atoms with Gasteiger partial charge in [-0.05, 0) is 37.7 Å². The number of nitriles is 1. The van der Waals surface area contributed by atoms with Crippen LogP contribution in [0.2, 0.25) is 0 Å². The van der Waals surface area contributed by atoms with Gasteiger partial charge in [-0.25, -0.2) is 0 Å². The predicted octanol–water partition coefficient (Wildman–Crippen LogP) is 1.36. The van der Waals surface area contributed by atoms with Gasteiger partial charge in [0.1, 0.15) is 11.1 Å². The van der Waals surface area contributed by atoms with Crippen LogP contribution in [0.5, 0.6) is 0 Å². The van der Waals surface area contributed by atoms with Crippen molar-refractivity contribution in [3.8, 4) is 6.07 Å². The number of aryl methyl sites for hydroxylation is 1. The number of allylic oxidation sites excluding steroid dienone is 2. The molecule has 0 aromatic carbocycles. The number of fused-ring (bicyclic) bond motifs is 2. The molecule has 1 fully saturated rings. The van der Waals surface area contributed by atoms with Gasteiger partial charge >= 0.3 is 0 Å². The van der Waals surface area contributed by atoms with Crippen LogP contribution in [0.4, 0.5) is 5.00 Å². The van der Waals surface area contributed by atoms with Gasteiger partial charge < -0.3 is 15.2 Å². The maximum absolute atomic E-state index is 12.6. The second kappa shape index (κ2) is 5.25. The van der Waals surface area contributed by atoms with Gasteiger partial charge in [-0.2, -0.15) is 5.26 Å². The molecule has 2 bridgehead atoms. The predicted molar refractivity (Wildman–Crippen MR) is 79.9 cm³/mol. The third-order valence-corrected chi connectivity index (χ3v) is 5.89. The summed E-state index contributed by atoms with van der Waals surface area (Å²) in [5.74, 6) is -3.06. The Kier molecular flexibility index (Phi) is 3.53. The van der Waals surface area contributed by atoms with Crippen molar-refractivity contribution in [2.24, 2.45) is 23.7 Å². The van der Waals surface area contributed by atoms with Gasteiger partial charge in [0.05, 0.1) is 11.5 Å². The molecule has 2 aliphatic rings. The zero-order valence-electron chi connectivity index (χ0n) is 12.3. The van der Waals surface area contributed by atoms with Crippen molar-refractivity contribution in [2.45, 2.75) is 20.3 Å². The first-order chi connectivity index (χ1) is 10.4. The Morgan fingerprint density at radius 3 is 2.55 bits per heavy atom. The number of aliphatic carboxylic acids is 1. The van der Waals surface area contributed by atoms with Gasteiger partial charge in [0.15, 0.2) is 0 Å². The van der Waals surface area contributed by atoms with E-state index in [0.29, 0.717) is 17.0 Å². The van der Waals surface area contributed by atoms with E-state index >= 15 is 0 Å². The molecule has 1 N–H and O–H groups in total. The smallest absolute Gasteiger partial charge is 0.229 e. The normalized spacial score (nSPS) is 28.6. The van der Waals surface area contributed by atoms with E-state index in [1.807, 2.05) is 26.0 Å². The molecule has 0 unspecified atom stereocenters. The summed E-state index contributed by atoms with van der Waals surface area (Å²) >= 11 is 1.35. The minimum absolute atomic E-state index is 0.0550. The fourth-order valence-electron chi connectivity index (χ4n) is 3.55. The number of thiophene rings is 1. The van der Waals surface area contributed by atoms with E-state index in [1.165, 1.54) is 11.3 Å². The van der Waals surface area contributed by atoms with Crippen LogP contribution in [0.1, 0.15) is 22.4 Å². The Hall–Kier alpha value is -2.13. The molecule has 1 amide bonds. The number of hydrogen-bond donors (Lipinski definition) is 1. The number of rotatable bonds is 3. The molecule has 5 nitrogen and oxygen atoms in total. The van der Waals surface area contributed by atoms with Crippen molar-refractivity contribution < 1.29 is 14.7 Å². The number of hydrogen-bond acceptors (Lipinski definition) is 5. The Balaban J connectivity index is 1.86. The summed E-state index contributed by atoms with van der Waals surface area (Å²) in [5.41, 5.74) is 1.31. The molecular formula is C16H15N2O3S-. The molecule has 3 rings (SSSR count). The molecule has 4 atom stereocenters. The van der Waals surface area contributed by atoms with E-state index in [-0.39, 0.29) is 17.7 Å². The summed E-state index contributed by atoms with van der Waals surface area (Å²) in [4.78, 5) is 24.9. The van der Waals surface area contributed by atoms with Gasteiger partial charge in [0, 0.05) is 16.8 Å². The van der Waals surface area contributed by atoms with Crippen molar-refractivity contribution in [1.82, 2.24) is 0 Å². The summed E-state index contributed by atoms with van der Waals surface area (Å²) in [6.45, 7) is 3.73. The lowest BCUT2D eigenvalue weighted by atomic mass is 9.82. The van der Waals surface area contributed by atoms with Crippen molar-refractivity contribution >= 4 is 28.2 Å². The van der Waals surface area contributed by atoms with Crippen LogP contribution >= 0.6 is 11.3 Å². The first-order valence-electron chi connectivity index (χ1n) is 7.14. The van der Waals surface area contributed by atoms with Crippen molar-refractivity contribution in [3.63, 3.8) is 0 Å². The topological polar surface area (TPSA) is 93.0 Å². The largest absolute Gasteiger partial charge is 0.550 e. The minimum Gasteiger partial charge on any atom is -0.550 e. The molecular weight excluding hydrogens is 300 g/mol. The van der Waals surface area contributed by atoms with Crippen LogP contribution in [0.15, 0.2) is 12.2 Å². The molecule has 6 heteroatoms. The van der Waals surface area contributed by atoms with E-state index in [2.05, 4.69) is 11.4 Å². The van der Waals surface area contributed by atoms with E-state index in [9.17, 15) is 20.0 Å². The molecule has 1 saturated carbocycles. The van der Waals surface area contributed by atoms with Crippen molar-refractivity contribution in [2.75, 3.05) is 5.32 Å². The molecule has 114 valence electrons. The van der Waals surface area contributed by atoms with Gasteiger partial charge in [0.25, 0.3) is 0 Å². The molecule has 22 heavy (non-hydrogen) atoms. The van der Waals surface area contributed by atoms with Crippen LogP contribution in [0.25, 0.3) is 0 Å². The number of carbonyl (C=O) groups excluding carboxylic acids is 2. The standard InChI is InChI=1S/C16H16N2O3S/c1-7-8(2)22-15(11(7)6-17)18-14(19)12-9-3-4-10(5-9)13(12)16(20)21/h3-4,9-10,12-13H,5H2,1-2H3,(H,18,19)(H,20,21)/p-1/t9-,10-,12-,13-/m0/s1.